The summed E-state index contributed by atoms with van der Waals surface area (Å²) in [4.78, 5) is 0.145. The van der Waals surface area contributed by atoms with E-state index in [9.17, 15) is 8.42 Å². The lowest BCUT2D eigenvalue weighted by atomic mass is 10.0. The number of sulfone groups is 1. The fraction of sp³-hybridized carbons (Fsp3) is 0.158. The molecule has 3 aromatic carbocycles. The van der Waals surface area contributed by atoms with Gasteiger partial charge in [0.2, 0.25) is 0 Å². The number of hydrogen-bond donors (Lipinski definition) is 2. The first kappa shape index (κ1) is 18.0. The first-order valence-corrected chi connectivity index (χ1v) is 9.71. The molecule has 0 bridgehead atoms. The summed E-state index contributed by atoms with van der Waals surface area (Å²) in [5, 5.41) is 19.2. The first-order valence-electron chi connectivity index (χ1n) is 8.05. The van der Waals surface area contributed by atoms with Crippen LogP contribution in [0.1, 0.15) is 5.56 Å². The predicted octanol–water partition coefficient (Wildman–Crippen LogP) is 3.91. The Kier molecular flexibility index (Phi) is 5.01. The van der Waals surface area contributed by atoms with Crippen LogP contribution in [0.15, 0.2) is 69.7 Å². The molecule has 0 aliphatic carbocycles. The summed E-state index contributed by atoms with van der Waals surface area (Å²) in [5.41, 5.74) is 8.89. The van der Waals surface area contributed by atoms with Crippen molar-refractivity contribution in [2.24, 2.45) is 10.2 Å². The zero-order chi connectivity index (χ0) is 18.7. The minimum Gasteiger partial charge on any atom is -0.396 e. The van der Waals surface area contributed by atoms with E-state index < -0.39 is 16.4 Å². The fourth-order valence-electron chi connectivity index (χ4n) is 2.71. The van der Waals surface area contributed by atoms with Crippen molar-refractivity contribution in [1.29, 1.82) is 0 Å². The molecule has 0 saturated heterocycles. The van der Waals surface area contributed by atoms with Crippen molar-refractivity contribution in [2.45, 2.75) is 11.8 Å². The summed E-state index contributed by atoms with van der Waals surface area (Å²) in [6, 6.07) is 15.7. The van der Waals surface area contributed by atoms with Crippen LogP contribution in [0.25, 0.3) is 10.8 Å². The Hall–Kier alpha value is -2.77. The standard InChI is InChI=1S/C19H19N3O3S/c1-13-12-18(19(20)17-5-3-2-4-16(13)17)22-21-14-6-8-15(9-7-14)26(24,25)11-10-23/h2-9,12,23H,10-11,20H2,1H3. The number of azo groups is 1. The molecule has 0 atom stereocenters. The van der Waals surface area contributed by atoms with E-state index in [0.29, 0.717) is 17.1 Å². The average molecular weight is 369 g/mol. The molecular weight excluding hydrogens is 350 g/mol. The molecule has 3 rings (SSSR count). The van der Waals surface area contributed by atoms with Gasteiger partial charge in [-0.25, -0.2) is 8.42 Å². The van der Waals surface area contributed by atoms with Gasteiger partial charge in [-0.05, 0) is 48.2 Å². The third kappa shape index (κ3) is 3.58. The number of rotatable bonds is 5. The first-order chi connectivity index (χ1) is 12.4. The predicted molar refractivity (Wildman–Crippen MR) is 103 cm³/mol. The molecule has 3 aromatic rings. The molecule has 0 saturated carbocycles. The number of nitrogen functional groups attached to an aromatic ring is 1. The maximum atomic E-state index is 11.9. The van der Waals surface area contributed by atoms with Crippen molar-refractivity contribution < 1.29 is 13.5 Å². The van der Waals surface area contributed by atoms with E-state index in [1.807, 2.05) is 37.3 Å². The molecule has 0 aliphatic rings. The second-order valence-corrected chi connectivity index (χ2v) is 8.02. The Morgan fingerprint density at radius 2 is 1.65 bits per heavy atom. The van der Waals surface area contributed by atoms with Gasteiger partial charge in [0.05, 0.1) is 28.6 Å². The molecule has 0 aromatic heterocycles. The lowest BCUT2D eigenvalue weighted by Crippen LogP contribution is -2.09. The lowest BCUT2D eigenvalue weighted by molar-refractivity contribution is 0.319. The largest absolute Gasteiger partial charge is 0.396 e. The van der Waals surface area contributed by atoms with Gasteiger partial charge in [-0.2, -0.15) is 5.11 Å². The minimum absolute atomic E-state index is 0.145. The monoisotopic (exact) mass is 369 g/mol. The second kappa shape index (κ2) is 7.23. The van der Waals surface area contributed by atoms with Crippen LogP contribution in [0.5, 0.6) is 0 Å². The van der Waals surface area contributed by atoms with Gasteiger partial charge >= 0.3 is 0 Å². The summed E-state index contributed by atoms with van der Waals surface area (Å²) in [7, 11) is -3.47. The summed E-state index contributed by atoms with van der Waals surface area (Å²) >= 11 is 0. The number of nitrogens with zero attached hydrogens (tertiary/aromatic N) is 2. The zero-order valence-corrected chi connectivity index (χ0v) is 15.1. The molecule has 0 radical (unpaired) electrons. The van der Waals surface area contributed by atoms with Crippen LogP contribution in [0.2, 0.25) is 0 Å². The maximum absolute atomic E-state index is 11.9. The minimum atomic E-state index is -3.47. The van der Waals surface area contributed by atoms with Crippen LogP contribution >= 0.6 is 0 Å². The van der Waals surface area contributed by atoms with Crippen molar-refractivity contribution in [1.82, 2.24) is 0 Å². The third-order valence-electron chi connectivity index (χ3n) is 4.10. The van der Waals surface area contributed by atoms with Crippen molar-refractivity contribution >= 4 is 37.7 Å². The van der Waals surface area contributed by atoms with Gasteiger partial charge in [0, 0.05) is 5.39 Å². The number of aliphatic hydroxyl groups is 1. The number of benzene rings is 3. The fourth-order valence-corrected chi connectivity index (χ4v) is 3.74. The van der Waals surface area contributed by atoms with Crippen molar-refractivity contribution in [3.8, 4) is 0 Å². The van der Waals surface area contributed by atoms with Gasteiger partial charge in [0.25, 0.3) is 0 Å². The SMILES string of the molecule is Cc1cc(N=Nc2ccc(S(=O)(=O)CCO)cc2)c(N)c2ccccc12. The average Bonchev–Trinajstić information content (AvgIpc) is 2.64. The van der Waals surface area contributed by atoms with Crippen LogP contribution in [0, 0.1) is 6.92 Å². The van der Waals surface area contributed by atoms with Gasteiger partial charge in [-0.15, -0.1) is 5.11 Å². The van der Waals surface area contributed by atoms with E-state index in [-0.39, 0.29) is 10.6 Å². The smallest absolute Gasteiger partial charge is 0.180 e. The van der Waals surface area contributed by atoms with Crippen LogP contribution in [-0.2, 0) is 9.84 Å². The molecule has 134 valence electrons. The highest BCUT2D eigenvalue weighted by Gasteiger charge is 2.13. The Labute approximate surface area is 151 Å². The highest BCUT2D eigenvalue weighted by atomic mass is 32.2. The van der Waals surface area contributed by atoms with E-state index in [1.54, 1.807) is 12.1 Å². The number of fused-ring (bicyclic) bond motifs is 1. The number of hydrogen-bond acceptors (Lipinski definition) is 6. The molecule has 7 heteroatoms. The van der Waals surface area contributed by atoms with Crippen LogP contribution < -0.4 is 5.73 Å². The van der Waals surface area contributed by atoms with Crippen LogP contribution in [-0.4, -0.2) is 25.9 Å². The molecule has 6 nitrogen and oxygen atoms in total. The van der Waals surface area contributed by atoms with Gasteiger partial charge in [-0.3, -0.25) is 0 Å². The van der Waals surface area contributed by atoms with Gasteiger partial charge in [0.1, 0.15) is 5.69 Å². The number of nitrogens with two attached hydrogens (primary N) is 1. The maximum Gasteiger partial charge on any atom is 0.180 e. The summed E-state index contributed by atoms with van der Waals surface area (Å²) in [6.45, 7) is 1.58. The van der Waals surface area contributed by atoms with Crippen molar-refractivity contribution in [3.63, 3.8) is 0 Å². The van der Waals surface area contributed by atoms with E-state index in [2.05, 4.69) is 10.2 Å². The normalized spacial score (nSPS) is 12.1. The Morgan fingerprint density at radius 3 is 2.31 bits per heavy atom. The molecule has 0 unspecified atom stereocenters. The van der Waals surface area contributed by atoms with Gasteiger partial charge in [-0.1, -0.05) is 24.3 Å². The van der Waals surface area contributed by atoms with E-state index in [0.717, 1.165) is 16.3 Å². The second-order valence-electron chi connectivity index (χ2n) is 5.91. The Morgan fingerprint density at radius 1 is 1.00 bits per heavy atom. The molecular formula is C19H19N3O3S. The quantitative estimate of drug-likeness (QED) is 0.525. The molecule has 3 N–H and O–H groups in total. The van der Waals surface area contributed by atoms with Gasteiger partial charge in [0.15, 0.2) is 9.84 Å². The van der Waals surface area contributed by atoms with Crippen molar-refractivity contribution in [3.05, 3.63) is 60.2 Å². The number of anilines is 1. The molecule has 0 fully saturated rings. The summed E-state index contributed by atoms with van der Waals surface area (Å²) in [5.74, 6) is -0.305. The van der Waals surface area contributed by atoms with Crippen LogP contribution in [0.3, 0.4) is 0 Å². The lowest BCUT2D eigenvalue weighted by Gasteiger charge is -2.08. The molecule has 0 spiro atoms. The van der Waals surface area contributed by atoms with E-state index >= 15 is 0 Å². The summed E-state index contributed by atoms with van der Waals surface area (Å²) in [6.07, 6.45) is 0. The highest BCUT2D eigenvalue weighted by Crippen LogP contribution is 2.34. The van der Waals surface area contributed by atoms with Crippen molar-refractivity contribution in [2.75, 3.05) is 18.1 Å². The molecule has 26 heavy (non-hydrogen) atoms. The van der Waals surface area contributed by atoms with E-state index in [1.165, 1.54) is 12.1 Å². The van der Waals surface area contributed by atoms with Gasteiger partial charge < -0.3 is 10.8 Å². The third-order valence-corrected chi connectivity index (χ3v) is 5.81. The van der Waals surface area contributed by atoms with Crippen LogP contribution in [0.4, 0.5) is 17.1 Å². The number of aryl methyl sites for hydroxylation is 1. The molecule has 0 aliphatic heterocycles. The topological polar surface area (TPSA) is 105 Å². The molecule has 0 amide bonds. The Balaban J connectivity index is 1.91. The highest BCUT2D eigenvalue weighted by molar-refractivity contribution is 7.91. The Bertz CT molecular complexity index is 1080. The zero-order valence-electron chi connectivity index (χ0n) is 14.3. The molecule has 0 heterocycles. The summed E-state index contributed by atoms with van der Waals surface area (Å²) < 4.78 is 23.8. The van der Waals surface area contributed by atoms with E-state index in [4.69, 9.17) is 10.8 Å². The number of aliphatic hydroxyl groups excluding tert-OH is 1.